The number of benzene rings is 1. The summed E-state index contributed by atoms with van der Waals surface area (Å²) < 4.78 is 10.6. The van der Waals surface area contributed by atoms with Crippen molar-refractivity contribution in [1.82, 2.24) is 0 Å². The maximum atomic E-state index is 11.8. The van der Waals surface area contributed by atoms with Gasteiger partial charge in [-0.25, -0.2) is 0 Å². The molecule has 0 aliphatic heterocycles. The summed E-state index contributed by atoms with van der Waals surface area (Å²) >= 11 is 0. The number of carbonyl (C=O) groups is 1. The third kappa shape index (κ3) is 3.86. The average molecular weight is 264 g/mol. The van der Waals surface area contributed by atoms with Crippen LogP contribution in [-0.4, -0.2) is 25.7 Å². The van der Waals surface area contributed by atoms with E-state index in [9.17, 15) is 4.79 Å². The molecule has 1 aliphatic carbocycles. The number of anilines is 2. The Bertz CT molecular complexity index is 442. The molecule has 2 rings (SSSR count). The Kier molecular flexibility index (Phi) is 4.63. The fraction of sp³-hybridized carbons (Fsp3) is 0.500. The number of nitrogens with one attached hydrogen (secondary N) is 1. The lowest BCUT2D eigenvalue weighted by Crippen LogP contribution is -2.22. The first-order valence-electron chi connectivity index (χ1n) is 6.54. The van der Waals surface area contributed by atoms with E-state index < -0.39 is 0 Å². The van der Waals surface area contributed by atoms with Crippen molar-refractivity contribution in [2.45, 2.75) is 31.8 Å². The van der Waals surface area contributed by atoms with Crippen molar-refractivity contribution < 1.29 is 14.3 Å². The van der Waals surface area contributed by atoms with Gasteiger partial charge in [0.15, 0.2) is 0 Å². The fourth-order valence-electron chi connectivity index (χ4n) is 2.22. The fourth-order valence-corrected chi connectivity index (χ4v) is 2.22. The van der Waals surface area contributed by atoms with E-state index in [4.69, 9.17) is 15.2 Å². The van der Waals surface area contributed by atoms with Crippen LogP contribution in [0.5, 0.6) is 5.75 Å². The molecule has 0 saturated heterocycles. The molecule has 1 aromatic carbocycles. The summed E-state index contributed by atoms with van der Waals surface area (Å²) in [5, 5.41) is 2.74. The van der Waals surface area contributed by atoms with Gasteiger partial charge in [0.25, 0.3) is 0 Å². The van der Waals surface area contributed by atoms with E-state index in [2.05, 4.69) is 5.32 Å². The molecule has 1 fully saturated rings. The van der Waals surface area contributed by atoms with Gasteiger partial charge in [-0.15, -0.1) is 0 Å². The maximum Gasteiger partial charge on any atom is 0.250 e. The summed E-state index contributed by atoms with van der Waals surface area (Å²) in [7, 11) is 1.57. The van der Waals surface area contributed by atoms with Crippen molar-refractivity contribution in [1.29, 1.82) is 0 Å². The molecule has 0 atom stereocenters. The van der Waals surface area contributed by atoms with Gasteiger partial charge in [0.05, 0.1) is 24.6 Å². The SMILES string of the molecule is COc1ccc(NC(=O)COC2CCCC2)c(N)c1. The summed E-state index contributed by atoms with van der Waals surface area (Å²) in [5.41, 5.74) is 6.89. The minimum atomic E-state index is -0.177. The zero-order valence-corrected chi connectivity index (χ0v) is 11.1. The zero-order valence-electron chi connectivity index (χ0n) is 11.1. The largest absolute Gasteiger partial charge is 0.497 e. The zero-order chi connectivity index (χ0) is 13.7. The van der Waals surface area contributed by atoms with Crippen LogP contribution in [0, 0.1) is 0 Å². The van der Waals surface area contributed by atoms with Gasteiger partial charge in [-0.2, -0.15) is 0 Å². The number of carbonyl (C=O) groups excluding carboxylic acids is 1. The molecule has 1 amide bonds. The van der Waals surface area contributed by atoms with Crippen LogP contribution in [0.4, 0.5) is 11.4 Å². The van der Waals surface area contributed by atoms with Gasteiger partial charge in [0.1, 0.15) is 12.4 Å². The van der Waals surface area contributed by atoms with Crippen LogP contribution >= 0.6 is 0 Å². The molecule has 0 spiro atoms. The topological polar surface area (TPSA) is 73.6 Å². The highest BCUT2D eigenvalue weighted by Crippen LogP contribution is 2.24. The molecule has 0 heterocycles. The predicted octanol–water partition coefficient (Wildman–Crippen LogP) is 2.18. The lowest BCUT2D eigenvalue weighted by atomic mass is 10.2. The van der Waals surface area contributed by atoms with Gasteiger partial charge in [-0.05, 0) is 25.0 Å². The number of nitrogens with two attached hydrogens (primary N) is 1. The van der Waals surface area contributed by atoms with Crippen LogP contribution in [0.2, 0.25) is 0 Å². The van der Waals surface area contributed by atoms with Crippen molar-refractivity contribution in [2.24, 2.45) is 0 Å². The number of ether oxygens (including phenoxy) is 2. The van der Waals surface area contributed by atoms with E-state index >= 15 is 0 Å². The minimum absolute atomic E-state index is 0.0795. The van der Waals surface area contributed by atoms with E-state index in [-0.39, 0.29) is 18.6 Å². The van der Waals surface area contributed by atoms with Crippen LogP contribution in [0.15, 0.2) is 18.2 Å². The molecular weight excluding hydrogens is 244 g/mol. The number of methoxy groups -OCH3 is 1. The van der Waals surface area contributed by atoms with Gasteiger partial charge >= 0.3 is 0 Å². The summed E-state index contributed by atoms with van der Waals surface area (Å²) in [6.45, 7) is 0.0795. The highest BCUT2D eigenvalue weighted by molar-refractivity contribution is 5.94. The highest BCUT2D eigenvalue weighted by atomic mass is 16.5. The first kappa shape index (κ1) is 13.7. The quantitative estimate of drug-likeness (QED) is 0.799. The molecule has 19 heavy (non-hydrogen) atoms. The summed E-state index contributed by atoms with van der Waals surface area (Å²) in [6, 6.07) is 5.15. The van der Waals surface area contributed by atoms with Gasteiger partial charge in [-0.3, -0.25) is 4.79 Å². The second-order valence-electron chi connectivity index (χ2n) is 4.72. The molecule has 0 radical (unpaired) electrons. The Balaban J connectivity index is 1.84. The van der Waals surface area contributed by atoms with Gasteiger partial charge in [0, 0.05) is 6.07 Å². The van der Waals surface area contributed by atoms with Gasteiger partial charge in [0.2, 0.25) is 5.91 Å². The number of hydrogen-bond acceptors (Lipinski definition) is 4. The van der Waals surface area contributed by atoms with Crippen molar-refractivity contribution in [3.63, 3.8) is 0 Å². The second kappa shape index (κ2) is 6.43. The number of rotatable bonds is 5. The molecule has 5 nitrogen and oxygen atoms in total. The molecule has 0 aromatic heterocycles. The average Bonchev–Trinajstić information content (AvgIpc) is 2.92. The van der Waals surface area contributed by atoms with Crippen LogP contribution in [-0.2, 0) is 9.53 Å². The minimum Gasteiger partial charge on any atom is -0.497 e. The third-order valence-corrected chi connectivity index (χ3v) is 3.29. The normalized spacial score (nSPS) is 15.4. The van der Waals surface area contributed by atoms with E-state index in [0.29, 0.717) is 17.1 Å². The Hall–Kier alpha value is -1.75. The smallest absolute Gasteiger partial charge is 0.250 e. The standard InChI is InChI=1S/C14H20N2O3/c1-18-11-6-7-13(12(15)8-11)16-14(17)9-19-10-4-2-3-5-10/h6-8,10H,2-5,9,15H2,1H3,(H,16,17). The molecule has 0 bridgehead atoms. The number of hydrogen-bond donors (Lipinski definition) is 2. The number of nitrogen functional groups attached to an aromatic ring is 1. The van der Waals surface area contributed by atoms with Crippen molar-refractivity contribution in [3.05, 3.63) is 18.2 Å². The molecule has 3 N–H and O–H groups in total. The van der Waals surface area contributed by atoms with Crippen molar-refractivity contribution in [2.75, 3.05) is 24.8 Å². The highest BCUT2D eigenvalue weighted by Gasteiger charge is 2.16. The Morgan fingerprint density at radius 1 is 1.42 bits per heavy atom. The molecule has 1 aliphatic rings. The monoisotopic (exact) mass is 264 g/mol. The number of amides is 1. The summed E-state index contributed by atoms with van der Waals surface area (Å²) in [6.07, 6.45) is 4.73. The Labute approximate surface area is 113 Å². The maximum absolute atomic E-state index is 11.8. The Morgan fingerprint density at radius 2 is 2.16 bits per heavy atom. The predicted molar refractivity (Wildman–Crippen MR) is 74.2 cm³/mol. The molecule has 1 saturated carbocycles. The first-order valence-corrected chi connectivity index (χ1v) is 6.54. The van der Waals surface area contributed by atoms with Crippen LogP contribution in [0.1, 0.15) is 25.7 Å². The summed E-state index contributed by atoms with van der Waals surface area (Å²) in [4.78, 5) is 11.8. The second-order valence-corrected chi connectivity index (χ2v) is 4.72. The van der Waals surface area contributed by atoms with Crippen LogP contribution in [0.3, 0.4) is 0 Å². The van der Waals surface area contributed by atoms with Crippen LogP contribution < -0.4 is 15.8 Å². The molecular formula is C14H20N2O3. The lowest BCUT2D eigenvalue weighted by Gasteiger charge is -2.12. The molecule has 104 valence electrons. The van der Waals surface area contributed by atoms with E-state index in [1.165, 1.54) is 12.8 Å². The summed E-state index contributed by atoms with van der Waals surface area (Å²) in [5.74, 6) is 0.487. The van der Waals surface area contributed by atoms with Crippen molar-refractivity contribution in [3.8, 4) is 5.75 Å². The van der Waals surface area contributed by atoms with Gasteiger partial charge in [-0.1, -0.05) is 12.8 Å². The first-order chi connectivity index (χ1) is 9.19. The van der Waals surface area contributed by atoms with E-state index in [0.717, 1.165) is 12.8 Å². The van der Waals surface area contributed by atoms with Crippen LogP contribution in [0.25, 0.3) is 0 Å². The van der Waals surface area contributed by atoms with Crippen molar-refractivity contribution >= 4 is 17.3 Å². The molecule has 1 aromatic rings. The molecule has 5 heteroatoms. The van der Waals surface area contributed by atoms with E-state index in [1.807, 2.05) is 0 Å². The third-order valence-electron chi connectivity index (χ3n) is 3.29. The Morgan fingerprint density at radius 3 is 2.79 bits per heavy atom. The van der Waals surface area contributed by atoms with Gasteiger partial charge < -0.3 is 20.5 Å². The molecule has 0 unspecified atom stereocenters. The van der Waals surface area contributed by atoms with E-state index in [1.54, 1.807) is 25.3 Å². The lowest BCUT2D eigenvalue weighted by molar-refractivity contribution is -0.122.